The van der Waals surface area contributed by atoms with E-state index in [1.165, 1.54) is 0 Å². The van der Waals surface area contributed by atoms with Crippen LogP contribution in [0.1, 0.15) is 19.7 Å². The number of nitrogens with zero attached hydrogens (tertiary/aromatic N) is 2. The largest absolute Gasteiger partial charge is 0.334 e. The lowest BCUT2D eigenvalue weighted by Crippen LogP contribution is -2.34. The van der Waals surface area contributed by atoms with Crippen LogP contribution >= 0.6 is 11.8 Å². The van der Waals surface area contributed by atoms with Gasteiger partial charge in [-0.25, -0.2) is 0 Å². The topological polar surface area (TPSA) is 64.9 Å². The van der Waals surface area contributed by atoms with Crippen LogP contribution in [-0.2, 0) is 5.75 Å². The Labute approximate surface area is 111 Å². The lowest BCUT2D eigenvalue weighted by Gasteiger charge is -2.16. The molecule has 18 heavy (non-hydrogen) atoms. The second-order valence-electron chi connectivity index (χ2n) is 4.86. The maximum atomic E-state index is 5.91. The van der Waals surface area contributed by atoms with E-state index in [1.807, 2.05) is 44.2 Å². The minimum atomic E-state index is -0.170. The Morgan fingerprint density at radius 2 is 2.00 bits per heavy atom. The lowest BCUT2D eigenvalue weighted by atomic mass is 10.1. The molecule has 2 aromatic rings. The van der Waals surface area contributed by atoms with Gasteiger partial charge in [-0.3, -0.25) is 0 Å². The third-order valence-corrected chi connectivity index (χ3v) is 3.60. The van der Waals surface area contributed by atoms with Crippen LogP contribution in [0.4, 0.5) is 0 Å². The number of hydrogen-bond acceptors (Lipinski definition) is 5. The van der Waals surface area contributed by atoms with E-state index < -0.39 is 0 Å². The molecule has 1 aromatic carbocycles. The molecule has 0 aliphatic heterocycles. The molecule has 1 heterocycles. The summed E-state index contributed by atoms with van der Waals surface area (Å²) in [4.78, 5) is 4.36. The number of thioether (sulfide) groups is 1. The highest BCUT2D eigenvalue weighted by atomic mass is 32.2. The van der Waals surface area contributed by atoms with E-state index in [0.717, 1.165) is 17.1 Å². The van der Waals surface area contributed by atoms with Crippen LogP contribution in [0.3, 0.4) is 0 Å². The summed E-state index contributed by atoms with van der Waals surface area (Å²) in [5, 5.41) is 3.96. The van der Waals surface area contributed by atoms with Crippen molar-refractivity contribution in [2.24, 2.45) is 5.73 Å². The Balaban J connectivity index is 1.95. The second kappa shape index (κ2) is 5.54. The quantitative estimate of drug-likeness (QED) is 0.898. The summed E-state index contributed by atoms with van der Waals surface area (Å²) < 4.78 is 5.23. The first-order valence-corrected chi connectivity index (χ1v) is 6.95. The van der Waals surface area contributed by atoms with Crippen molar-refractivity contribution in [1.82, 2.24) is 10.1 Å². The summed E-state index contributed by atoms with van der Waals surface area (Å²) in [6.45, 7) is 4.01. The van der Waals surface area contributed by atoms with Gasteiger partial charge in [0, 0.05) is 16.9 Å². The van der Waals surface area contributed by atoms with Gasteiger partial charge < -0.3 is 10.3 Å². The summed E-state index contributed by atoms with van der Waals surface area (Å²) in [7, 11) is 0. The minimum absolute atomic E-state index is 0.170. The Morgan fingerprint density at radius 1 is 1.28 bits per heavy atom. The minimum Gasteiger partial charge on any atom is -0.334 e. The summed E-state index contributed by atoms with van der Waals surface area (Å²) in [6, 6.07) is 9.76. The zero-order valence-electron chi connectivity index (χ0n) is 10.6. The monoisotopic (exact) mass is 263 g/mol. The van der Waals surface area contributed by atoms with Crippen LogP contribution in [0.2, 0.25) is 0 Å². The summed E-state index contributed by atoms with van der Waals surface area (Å²) in [5.41, 5.74) is 6.69. The van der Waals surface area contributed by atoms with E-state index in [9.17, 15) is 0 Å². The van der Waals surface area contributed by atoms with Crippen molar-refractivity contribution in [1.29, 1.82) is 0 Å². The normalized spacial score (nSPS) is 11.7. The van der Waals surface area contributed by atoms with E-state index in [2.05, 4.69) is 10.1 Å². The lowest BCUT2D eigenvalue weighted by molar-refractivity contribution is 0.425. The predicted molar refractivity (Wildman–Crippen MR) is 74.2 cm³/mol. The van der Waals surface area contributed by atoms with Crippen LogP contribution < -0.4 is 5.73 Å². The van der Waals surface area contributed by atoms with E-state index >= 15 is 0 Å². The molecule has 0 radical (unpaired) electrons. The predicted octanol–water partition coefficient (Wildman–Crippen LogP) is 2.71. The molecule has 0 fully saturated rings. The highest BCUT2D eigenvalue weighted by molar-refractivity contribution is 7.98. The zero-order valence-corrected chi connectivity index (χ0v) is 11.4. The van der Waals surface area contributed by atoms with Gasteiger partial charge in [-0.1, -0.05) is 23.4 Å². The molecule has 0 saturated carbocycles. The van der Waals surface area contributed by atoms with Gasteiger partial charge in [-0.2, -0.15) is 16.7 Å². The summed E-state index contributed by atoms with van der Waals surface area (Å²) in [6.07, 6.45) is 0. The number of hydrogen-bond donors (Lipinski definition) is 1. The van der Waals surface area contributed by atoms with Crippen molar-refractivity contribution >= 4 is 11.8 Å². The van der Waals surface area contributed by atoms with Crippen LogP contribution in [-0.4, -0.2) is 21.4 Å². The fraction of sp³-hybridized carbons (Fsp3) is 0.385. The Kier molecular flexibility index (Phi) is 4.04. The molecule has 2 N–H and O–H groups in total. The first kappa shape index (κ1) is 13.1. The van der Waals surface area contributed by atoms with Gasteiger partial charge in [-0.15, -0.1) is 0 Å². The molecule has 0 aliphatic carbocycles. The van der Waals surface area contributed by atoms with Crippen LogP contribution in [0.25, 0.3) is 11.5 Å². The van der Waals surface area contributed by atoms with E-state index in [-0.39, 0.29) is 5.54 Å². The molecule has 0 amide bonds. The Morgan fingerprint density at radius 3 is 2.67 bits per heavy atom. The van der Waals surface area contributed by atoms with Gasteiger partial charge in [0.2, 0.25) is 0 Å². The Hall–Kier alpha value is -1.33. The molecule has 2 rings (SSSR count). The van der Waals surface area contributed by atoms with Gasteiger partial charge in [0.15, 0.2) is 5.82 Å². The van der Waals surface area contributed by atoms with Gasteiger partial charge in [0.25, 0.3) is 5.89 Å². The molecule has 5 heteroatoms. The molecule has 0 saturated heterocycles. The zero-order chi connectivity index (χ0) is 13.0. The van der Waals surface area contributed by atoms with Gasteiger partial charge in [-0.05, 0) is 26.0 Å². The third-order valence-electron chi connectivity index (χ3n) is 2.19. The summed E-state index contributed by atoms with van der Waals surface area (Å²) >= 11 is 1.71. The average molecular weight is 263 g/mol. The first-order chi connectivity index (χ1) is 8.54. The fourth-order valence-corrected chi connectivity index (χ4v) is 2.34. The van der Waals surface area contributed by atoms with Crippen molar-refractivity contribution in [3.8, 4) is 11.5 Å². The molecule has 0 spiro atoms. The van der Waals surface area contributed by atoms with Gasteiger partial charge in [0.05, 0.1) is 5.75 Å². The maximum absolute atomic E-state index is 5.91. The molecular weight excluding hydrogens is 246 g/mol. The smallest absolute Gasteiger partial charge is 0.257 e. The van der Waals surface area contributed by atoms with Crippen molar-refractivity contribution in [3.63, 3.8) is 0 Å². The molecule has 4 nitrogen and oxygen atoms in total. The van der Waals surface area contributed by atoms with Crippen molar-refractivity contribution in [2.75, 3.05) is 5.75 Å². The standard InChI is InChI=1S/C13H17N3OS/c1-13(2,14)9-18-8-11-15-12(17-16-11)10-6-4-3-5-7-10/h3-7H,8-9,14H2,1-2H3. The van der Waals surface area contributed by atoms with E-state index in [0.29, 0.717) is 11.7 Å². The maximum Gasteiger partial charge on any atom is 0.257 e. The SMILES string of the molecule is CC(C)(N)CSCc1noc(-c2ccccc2)n1. The first-order valence-electron chi connectivity index (χ1n) is 5.79. The molecular formula is C13H17N3OS. The molecule has 0 aliphatic rings. The Bertz CT molecular complexity index is 490. The van der Waals surface area contributed by atoms with E-state index in [4.69, 9.17) is 10.3 Å². The molecule has 1 aromatic heterocycles. The van der Waals surface area contributed by atoms with Crippen LogP contribution in [0, 0.1) is 0 Å². The summed E-state index contributed by atoms with van der Waals surface area (Å²) in [5.74, 6) is 2.86. The van der Waals surface area contributed by atoms with Gasteiger partial charge in [0.1, 0.15) is 0 Å². The van der Waals surface area contributed by atoms with Crippen molar-refractivity contribution in [3.05, 3.63) is 36.2 Å². The molecule has 0 atom stereocenters. The fourth-order valence-electron chi connectivity index (χ4n) is 1.42. The van der Waals surface area contributed by atoms with Crippen molar-refractivity contribution < 1.29 is 4.52 Å². The molecule has 0 unspecified atom stereocenters. The van der Waals surface area contributed by atoms with Gasteiger partial charge >= 0.3 is 0 Å². The molecule has 96 valence electrons. The number of rotatable bonds is 5. The van der Waals surface area contributed by atoms with Crippen LogP contribution in [0.15, 0.2) is 34.9 Å². The average Bonchev–Trinajstić information content (AvgIpc) is 2.77. The highest BCUT2D eigenvalue weighted by Crippen LogP contribution is 2.19. The highest BCUT2D eigenvalue weighted by Gasteiger charge is 2.12. The number of aromatic nitrogens is 2. The second-order valence-corrected chi connectivity index (χ2v) is 5.85. The number of benzene rings is 1. The third kappa shape index (κ3) is 3.85. The molecule has 0 bridgehead atoms. The number of nitrogens with two attached hydrogens (primary N) is 1. The van der Waals surface area contributed by atoms with Crippen LogP contribution in [0.5, 0.6) is 0 Å². The van der Waals surface area contributed by atoms with E-state index in [1.54, 1.807) is 11.8 Å². The van der Waals surface area contributed by atoms with Crippen molar-refractivity contribution in [2.45, 2.75) is 25.1 Å².